The van der Waals surface area contributed by atoms with Crippen LogP contribution in [0, 0.1) is 13.1 Å². The average molecular weight is 1020 g/mol. The number of carboxylic acids is 1. The second kappa shape index (κ2) is 29.8. The number of hydrogen-bond donors (Lipinski definition) is 5. The molecule has 4 rings (SSSR count). The summed E-state index contributed by atoms with van der Waals surface area (Å²) < 4.78 is 84.5. The van der Waals surface area contributed by atoms with Crippen molar-refractivity contribution in [3.8, 4) is 5.75 Å². The van der Waals surface area contributed by atoms with Gasteiger partial charge in [0.2, 0.25) is 27.7 Å². The van der Waals surface area contributed by atoms with Crippen LogP contribution in [-0.2, 0) is 51.7 Å². The number of hydrogen-bond acceptors (Lipinski definition) is 12. The maximum absolute atomic E-state index is 14.5. The summed E-state index contributed by atoms with van der Waals surface area (Å²) in [5, 5.41) is 32.7. The molecule has 0 saturated heterocycles. The van der Waals surface area contributed by atoms with Crippen molar-refractivity contribution in [3.05, 3.63) is 85.9 Å². The van der Waals surface area contributed by atoms with Crippen LogP contribution in [0.4, 0.5) is 11.4 Å². The van der Waals surface area contributed by atoms with Crippen LogP contribution < -0.4 is 123 Å². The van der Waals surface area contributed by atoms with E-state index in [1.165, 1.54) is 50.3 Å². The molecule has 354 valence electrons. The largest absolute Gasteiger partial charge is 1.00 e. The van der Waals surface area contributed by atoms with E-state index in [9.17, 15) is 55.3 Å². The standard InChI is InChI=1S/C44H56N6O12S3.3Na/c1-27(2)41(52)45-20-10-7-13-23-49(63(57)58)35-25-37(51)32-18-19-33-38(65(61,62)48-34(44(55)56)15-9-12-22-47-43(54)29(5)6)26-36(31-17-16-30(35)39(32)40(31)33)50(64(59)60)24-14-8-11-21-46-42(53)28(3)4;;;/h16-19,23-26,34,48,51H,1,3,5,7-15,20-22H2,2,4,6H3,(H,45,52)(H,46,53)(H,47,54)(H,55,56)(H,57,58)(H,59,60);;;/q-2;3*+1/p-3. The Morgan fingerprint density at radius 1 is 0.662 bits per heavy atom. The fraction of sp³-hybridized carbons (Fsp3) is 0.364. The molecule has 3 amide bonds. The van der Waals surface area contributed by atoms with Crippen molar-refractivity contribution in [3.63, 3.8) is 0 Å². The number of carbonyl (C=O) groups is 4. The molecule has 0 spiro atoms. The van der Waals surface area contributed by atoms with E-state index in [2.05, 4.69) is 40.4 Å². The molecule has 24 heteroatoms. The number of phenols is 1. The second-order valence-corrected chi connectivity index (χ2v) is 18.8. The molecule has 4 aromatic rings. The monoisotopic (exact) mass is 1020 g/mol. The van der Waals surface area contributed by atoms with E-state index in [0.29, 0.717) is 43.4 Å². The molecular formula is C44H53N6Na3O12S3-2. The molecule has 0 heterocycles. The number of unbranched alkanes of at least 4 members (excludes halogenated alkanes) is 5. The van der Waals surface area contributed by atoms with E-state index in [1.807, 2.05) is 0 Å². The van der Waals surface area contributed by atoms with Crippen LogP contribution in [0.2, 0.25) is 0 Å². The van der Waals surface area contributed by atoms with E-state index in [4.69, 9.17) is 0 Å². The molecule has 5 N–H and O–H groups in total. The molecule has 0 aliphatic heterocycles. The molecule has 4 aromatic carbocycles. The number of aromatic hydroxyl groups is 1. The zero-order chi connectivity index (χ0) is 48.2. The third-order valence-corrected chi connectivity index (χ3v) is 13.1. The molecule has 0 bridgehead atoms. The summed E-state index contributed by atoms with van der Waals surface area (Å²) in [4.78, 5) is 47.5. The number of anilines is 2. The van der Waals surface area contributed by atoms with Gasteiger partial charge in [0.25, 0.3) is 0 Å². The van der Waals surface area contributed by atoms with Crippen molar-refractivity contribution in [1.82, 2.24) is 20.7 Å². The summed E-state index contributed by atoms with van der Waals surface area (Å²) in [5.74, 6) is -3.16. The Kier molecular flexibility index (Phi) is 27.8. The number of amides is 3. The van der Waals surface area contributed by atoms with Crippen LogP contribution in [0.25, 0.3) is 32.3 Å². The van der Waals surface area contributed by atoms with Crippen LogP contribution in [-0.4, -0.2) is 80.4 Å². The molecule has 0 fully saturated rings. The van der Waals surface area contributed by atoms with Gasteiger partial charge in [-0.1, -0.05) is 50.8 Å². The zero-order valence-corrected chi connectivity index (χ0v) is 47.8. The molecule has 0 aromatic heterocycles. The number of rotatable bonds is 28. The van der Waals surface area contributed by atoms with E-state index in [-0.39, 0.29) is 201 Å². The SMILES string of the molecule is C=C(C)C(=O)NCCCC[CH-]N(c1cc(O)c2ccc3c(S(=O)(=O)NC(CCCCNC(=O)C(=C)C)C(=O)[O-])cc(N([CH-]CCCCNC(=O)C(=C)C)S(=O)[O-])c4ccc1c2c43)S(=O)[O-].[Na+].[Na+].[Na+]. The van der Waals surface area contributed by atoms with Gasteiger partial charge in [-0.15, -0.1) is 0 Å². The van der Waals surface area contributed by atoms with Gasteiger partial charge in [0.05, 0.1) is 16.9 Å². The number of benzene rings is 4. The van der Waals surface area contributed by atoms with Gasteiger partial charge >= 0.3 is 88.7 Å². The van der Waals surface area contributed by atoms with Crippen molar-refractivity contribution in [2.45, 2.75) is 89.5 Å². The van der Waals surface area contributed by atoms with Crippen molar-refractivity contribution in [2.24, 2.45) is 0 Å². The van der Waals surface area contributed by atoms with Gasteiger partial charge in [-0.05, 0) is 65.0 Å². The molecular weight excluding hydrogens is 970 g/mol. The molecule has 0 radical (unpaired) electrons. The topological polar surface area (TPSA) is 281 Å². The Morgan fingerprint density at radius 3 is 1.46 bits per heavy atom. The van der Waals surface area contributed by atoms with Crippen LogP contribution in [0.1, 0.15) is 78.6 Å². The Hall–Kier alpha value is -2.45. The Bertz CT molecular complexity index is 2640. The maximum Gasteiger partial charge on any atom is 1.00 e. The van der Waals surface area contributed by atoms with Gasteiger partial charge < -0.3 is 48.7 Å². The first-order valence-electron chi connectivity index (χ1n) is 20.6. The molecule has 0 aliphatic rings. The molecule has 0 saturated carbocycles. The quantitative estimate of drug-likeness (QED) is 0.00893. The van der Waals surface area contributed by atoms with Crippen molar-refractivity contribution < 1.29 is 144 Å². The van der Waals surface area contributed by atoms with Crippen LogP contribution in [0.3, 0.4) is 0 Å². The van der Waals surface area contributed by atoms with Crippen LogP contribution in [0.15, 0.2) is 77.7 Å². The molecule has 3 atom stereocenters. The van der Waals surface area contributed by atoms with E-state index < -0.39 is 55.4 Å². The van der Waals surface area contributed by atoms with E-state index >= 15 is 0 Å². The number of carboxylic acid groups (broad SMARTS) is 1. The number of sulfonamides is 1. The van der Waals surface area contributed by atoms with Gasteiger partial charge in [-0.25, -0.2) is 26.2 Å². The first-order chi connectivity index (χ1) is 30.7. The van der Waals surface area contributed by atoms with Crippen molar-refractivity contribution in [1.29, 1.82) is 0 Å². The summed E-state index contributed by atoms with van der Waals surface area (Å²) in [6.45, 7) is 18.8. The van der Waals surface area contributed by atoms with Gasteiger partial charge in [0.1, 0.15) is 5.75 Å². The summed E-state index contributed by atoms with van der Waals surface area (Å²) >= 11 is -5.99. The van der Waals surface area contributed by atoms with Gasteiger partial charge in [0, 0.05) is 109 Å². The fourth-order valence-electron chi connectivity index (χ4n) is 6.94. The smallest absolute Gasteiger partial charge is 0.757 e. The number of aliphatic carboxylic acids is 1. The normalized spacial score (nSPS) is 12.4. The van der Waals surface area contributed by atoms with Gasteiger partial charge in [0.15, 0.2) is 0 Å². The Morgan fingerprint density at radius 2 is 1.04 bits per heavy atom. The maximum atomic E-state index is 14.5. The van der Waals surface area contributed by atoms with Crippen LogP contribution >= 0.6 is 0 Å². The van der Waals surface area contributed by atoms with E-state index in [0.717, 1.165) is 14.7 Å². The third kappa shape index (κ3) is 17.1. The number of phenolic OH excluding ortho intramolecular Hbond substituents is 1. The second-order valence-electron chi connectivity index (χ2n) is 15.4. The molecule has 68 heavy (non-hydrogen) atoms. The predicted octanol–water partition coefficient (Wildman–Crippen LogP) is -5.19. The van der Waals surface area contributed by atoms with Crippen LogP contribution in [0.5, 0.6) is 5.75 Å². The first kappa shape index (κ1) is 63.6. The van der Waals surface area contributed by atoms with E-state index in [1.54, 1.807) is 13.8 Å². The van der Waals surface area contributed by atoms with Crippen molar-refractivity contribution in [2.75, 3.05) is 28.2 Å². The van der Waals surface area contributed by atoms with Gasteiger partial charge in [-0.3, -0.25) is 22.8 Å². The number of carbonyl (C=O) groups excluding carboxylic acids is 4. The van der Waals surface area contributed by atoms with Crippen molar-refractivity contribution >= 4 is 99.9 Å². The minimum atomic E-state index is -4.86. The predicted molar refractivity (Wildman–Crippen MR) is 247 cm³/mol. The number of nitrogens with zero attached hydrogens (tertiary/aromatic N) is 2. The van der Waals surface area contributed by atoms with Gasteiger partial charge in [-0.2, -0.15) is 12.8 Å². The molecule has 3 unspecified atom stereocenters. The summed E-state index contributed by atoms with van der Waals surface area (Å²) in [6.07, 6.45) is 2.37. The fourth-order valence-corrected chi connectivity index (χ4v) is 9.45. The number of nitrogens with one attached hydrogen (secondary N) is 4. The Balaban J connectivity index is 0.00000771. The summed E-state index contributed by atoms with van der Waals surface area (Å²) in [6, 6.07) is 6.39. The zero-order valence-electron chi connectivity index (χ0n) is 39.4. The summed E-state index contributed by atoms with van der Waals surface area (Å²) in [5.41, 5.74) is 0.768. The molecule has 18 nitrogen and oxygen atoms in total. The molecule has 0 aliphatic carbocycles. The summed E-state index contributed by atoms with van der Waals surface area (Å²) in [7, 11) is -4.86. The average Bonchev–Trinajstić information content (AvgIpc) is 3.24. The third-order valence-electron chi connectivity index (χ3n) is 10.3. The minimum Gasteiger partial charge on any atom is -0.757 e. The first-order valence-corrected chi connectivity index (χ1v) is 24.2. The minimum absolute atomic E-state index is 0. The Labute approximate surface area is 469 Å².